The van der Waals surface area contributed by atoms with Gasteiger partial charge in [-0.1, -0.05) is 6.08 Å². The van der Waals surface area contributed by atoms with E-state index in [1.165, 1.54) is 32.4 Å². The highest BCUT2D eigenvalue weighted by molar-refractivity contribution is 4.92. The first kappa shape index (κ1) is 14.0. The summed E-state index contributed by atoms with van der Waals surface area (Å²) in [7, 11) is 0. The molecular formula is C15H27NO2. The molecular weight excluding hydrogens is 226 g/mol. The summed E-state index contributed by atoms with van der Waals surface area (Å²) in [6.45, 7) is 9.40. The Hall–Kier alpha value is -0.380. The van der Waals surface area contributed by atoms with Crippen LogP contribution in [0.25, 0.3) is 0 Å². The van der Waals surface area contributed by atoms with E-state index in [9.17, 15) is 5.11 Å². The third-order valence-corrected chi connectivity index (χ3v) is 4.51. The summed E-state index contributed by atoms with van der Waals surface area (Å²) >= 11 is 0. The molecule has 0 aromatic rings. The molecule has 0 bridgehead atoms. The van der Waals surface area contributed by atoms with Gasteiger partial charge < -0.3 is 14.7 Å². The summed E-state index contributed by atoms with van der Waals surface area (Å²) < 4.78 is 5.42. The third kappa shape index (κ3) is 3.56. The van der Waals surface area contributed by atoms with E-state index in [4.69, 9.17) is 4.74 Å². The Morgan fingerprint density at radius 2 is 2.17 bits per heavy atom. The lowest BCUT2D eigenvalue weighted by molar-refractivity contribution is 0.00864. The molecule has 2 fully saturated rings. The first-order chi connectivity index (χ1) is 8.78. The first-order valence-electron chi connectivity index (χ1n) is 7.30. The standard InChI is InChI=1S/C15H27NO2/c1-2-6-15(13-17)7-3-8-16(12-15)11-14-4-9-18-10-5-14/h2,14,17H,1,3-13H2/t15-/m1/s1. The van der Waals surface area contributed by atoms with Gasteiger partial charge in [0.05, 0.1) is 6.61 Å². The van der Waals surface area contributed by atoms with Crippen molar-refractivity contribution in [3.63, 3.8) is 0 Å². The van der Waals surface area contributed by atoms with Gasteiger partial charge in [-0.25, -0.2) is 0 Å². The molecule has 0 aromatic carbocycles. The average Bonchev–Trinajstić information content (AvgIpc) is 2.41. The van der Waals surface area contributed by atoms with Crippen LogP contribution < -0.4 is 0 Å². The fourth-order valence-corrected chi connectivity index (χ4v) is 3.43. The number of aliphatic hydroxyl groups is 1. The lowest BCUT2D eigenvalue weighted by Gasteiger charge is -2.43. The van der Waals surface area contributed by atoms with Crippen LogP contribution in [0.2, 0.25) is 0 Å². The quantitative estimate of drug-likeness (QED) is 0.761. The van der Waals surface area contributed by atoms with Gasteiger partial charge in [-0.05, 0) is 44.6 Å². The molecule has 3 heteroatoms. The van der Waals surface area contributed by atoms with Crippen LogP contribution in [0.4, 0.5) is 0 Å². The average molecular weight is 253 g/mol. The maximum atomic E-state index is 9.70. The highest BCUT2D eigenvalue weighted by Gasteiger charge is 2.34. The van der Waals surface area contributed by atoms with Crippen molar-refractivity contribution in [2.45, 2.75) is 32.1 Å². The normalized spacial score (nSPS) is 31.4. The minimum atomic E-state index is 0.0746. The van der Waals surface area contributed by atoms with Crippen molar-refractivity contribution in [1.82, 2.24) is 4.90 Å². The van der Waals surface area contributed by atoms with Gasteiger partial charge in [0, 0.05) is 31.7 Å². The van der Waals surface area contributed by atoms with Gasteiger partial charge in [0.25, 0.3) is 0 Å². The molecule has 2 saturated heterocycles. The van der Waals surface area contributed by atoms with E-state index in [0.29, 0.717) is 6.61 Å². The van der Waals surface area contributed by atoms with Crippen molar-refractivity contribution in [1.29, 1.82) is 0 Å². The minimum Gasteiger partial charge on any atom is -0.396 e. The number of ether oxygens (including phenoxy) is 1. The summed E-state index contributed by atoms with van der Waals surface area (Å²) in [5.41, 5.74) is 0.0746. The van der Waals surface area contributed by atoms with Crippen LogP contribution in [0.1, 0.15) is 32.1 Å². The molecule has 3 nitrogen and oxygen atoms in total. The fraction of sp³-hybridized carbons (Fsp3) is 0.867. The predicted molar refractivity (Wildman–Crippen MR) is 73.5 cm³/mol. The summed E-state index contributed by atoms with van der Waals surface area (Å²) in [5.74, 6) is 0.789. The largest absolute Gasteiger partial charge is 0.396 e. The minimum absolute atomic E-state index is 0.0746. The van der Waals surface area contributed by atoms with E-state index < -0.39 is 0 Å². The van der Waals surface area contributed by atoms with E-state index in [-0.39, 0.29) is 5.41 Å². The van der Waals surface area contributed by atoms with Crippen LogP contribution in [0.3, 0.4) is 0 Å². The van der Waals surface area contributed by atoms with Crippen molar-refractivity contribution < 1.29 is 9.84 Å². The Bertz CT molecular complexity index is 263. The number of piperidine rings is 1. The molecule has 0 amide bonds. The van der Waals surface area contributed by atoms with Crippen molar-refractivity contribution in [3.05, 3.63) is 12.7 Å². The molecule has 2 aliphatic heterocycles. The molecule has 1 N–H and O–H groups in total. The maximum Gasteiger partial charge on any atom is 0.0502 e. The lowest BCUT2D eigenvalue weighted by Crippen LogP contribution is -2.47. The summed E-state index contributed by atoms with van der Waals surface area (Å²) in [6, 6.07) is 0. The van der Waals surface area contributed by atoms with E-state index in [2.05, 4.69) is 11.5 Å². The highest BCUT2D eigenvalue weighted by Crippen LogP contribution is 2.34. The van der Waals surface area contributed by atoms with Gasteiger partial charge in [0.15, 0.2) is 0 Å². The zero-order valence-corrected chi connectivity index (χ0v) is 11.4. The third-order valence-electron chi connectivity index (χ3n) is 4.51. The van der Waals surface area contributed by atoms with Crippen molar-refractivity contribution in [2.75, 3.05) is 39.5 Å². The number of hydrogen-bond acceptors (Lipinski definition) is 3. The Balaban J connectivity index is 1.86. The molecule has 1 atom stereocenters. The topological polar surface area (TPSA) is 32.7 Å². The van der Waals surface area contributed by atoms with Gasteiger partial charge in [-0.2, -0.15) is 0 Å². The Labute approximate surface area is 111 Å². The van der Waals surface area contributed by atoms with Gasteiger partial charge in [0.2, 0.25) is 0 Å². The van der Waals surface area contributed by atoms with Crippen LogP contribution in [0.5, 0.6) is 0 Å². The van der Waals surface area contributed by atoms with Crippen molar-refractivity contribution >= 4 is 0 Å². The first-order valence-corrected chi connectivity index (χ1v) is 7.30. The summed E-state index contributed by atoms with van der Waals surface area (Å²) in [4.78, 5) is 2.55. The number of likely N-dealkylation sites (tertiary alicyclic amines) is 1. The molecule has 0 spiro atoms. The van der Waals surface area contributed by atoms with Gasteiger partial charge in [0.1, 0.15) is 0 Å². The van der Waals surface area contributed by atoms with Crippen molar-refractivity contribution in [3.8, 4) is 0 Å². The second-order valence-electron chi connectivity index (χ2n) is 6.05. The van der Waals surface area contributed by atoms with Crippen LogP contribution in [0.15, 0.2) is 12.7 Å². The van der Waals surface area contributed by atoms with Crippen LogP contribution >= 0.6 is 0 Å². The Kier molecular flexibility index (Phi) is 5.22. The lowest BCUT2D eigenvalue weighted by atomic mass is 9.77. The van der Waals surface area contributed by atoms with E-state index in [1.54, 1.807) is 0 Å². The molecule has 0 saturated carbocycles. The monoisotopic (exact) mass is 253 g/mol. The molecule has 0 radical (unpaired) electrons. The maximum absolute atomic E-state index is 9.70. The number of allylic oxidation sites excluding steroid dienone is 1. The fourth-order valence-electron chi connectivity index (χ4n) is 3.43. The molecule has 0 aliphatic carbocycles. The Morgan fingerprint density at radius 1 is 1.39 bits per heavy atom. The zero-order valence-electron chi connectivity index (χ0n) is 11.4. The second kappa shape index (κ2) is 6.69. The molecule has 2 rings (SSSR count). The van der Waals surface area contributed by atoms with Gasteiger partial charge in [-0.15, -0.1) is 6.58 Å². The number of aliphatic hydroxyl groups excluding tert-OH is 1. The Morgan fingerprint density at radius 3 is 2.83 bits per heavy atom. The zero-order chi connectivity index (χ0) is 12.8. The molecule has 2 aliphatic rings. The molecule has 0 unspecified atom stereocenters. The predicted octanol–water partition coefficient (Wildman–Crippen LogP) is 2.06. The van der Waals surface area contributed by atoms with Crippen LogP contribution in [-0.4, -0.2) is 49.5 Å². The summed E-state index contributed by atoms with van der Waals surface area (Å²) in [5, 5.41) is 9.70. The number of nitrogens with zero attached hydrogens (tertiary/aromatic N) is 1. The molecule has 104 valence electrons. The van der Waals surface area contributed by atoms with Gasteiger partial charge in [-0.3, -0.25) is 0 Å². The SMILES string of the molecule is C=CC[C@@]1(CO)CCCN(CC2CCOCC2)C1. The number of hydrogen-bond donors (Lipinski definition) is 1. The van der Waals surface area contributed by atoms with Crippen molar-refractivity contribution in [2.24, 2.45) is 11.3 Å². The number of rotatable bonds is 5. The molecule has 2 heterocycles. The molecule has 0 aromatic heterocycles. The highest BCUT2D eigenvalue weighted by atomic mass is 16.5. The van der Waals surface area contributed by atoms with E-state index in [0.717, 1.165) is 38.5 Å². The summed E-state index contributed by atoms with van der Waals surface area (Å²) in [6.07, 6.45) is 7.65. The smallest absolute Gasteiger partial charge is 0.0502 e. The van der Waals surface area contributed by atoms with Gasteiger partial charge >= 0.3 is 0 Å². The van der Waals surface area contributed by atoms with E-state index >= 15 is 0 Å². The second-order valence-corrected chi connectivity index (χ2v) is 6.05. The molecule has 18 heavy (non-hydrogen) atoms. The van der Waals surface area contributed by atoms with E-state index in [1.807, 2.05) is 6.08 Å². The van der Waals surface area contributed by atoms with Crippen LogP contribution in [-0.2, 0) is 4.74 Å². The van der Waals surface area contributed by atoms with Crippen LogP contribution in [0, 0.1) is 11.3 Å².